The number of amides is 1. The highest BCUT2D eigenvalue weighted by molar-refractivity contribution is 8.04. The molecule has 8 heteroatoms. The zero-order valence-electron chi connectivity index (χ0n) is 18.4. The van der Waals surface area contributed by atoms with Crippen LogP contribution in [0.3, 0.4) is 0 Å². The van der Waals surface area contributed by atoms with Crippen LogP contribution in [0.2, 0.25) is 10.0 Å². The number of ether oxygens (including phenoxy) is 1. The van der Waals surface area contributed by atoms with E-state index in [-0.39, 0.29) is 5.91 Å². The Bertz CT molecular complexity index is 1210. The predicted molar refractivity (Wildman–Crippen MR) is 140 cm³/mol. The van der Waals surface area contributed by atoms with Gasteiger partial charge in [0.25, 0.3) is 5.91 Å². The topological polar surface area (TPSA) is 51.2 Å². The van der Waals surface area contributed by atoms with E-state index < -0.39 is 5.54 Å². The van der Waals surface area contributed by atoms with Crippen LogP contribution in [0.5, 0.6) is 5.88 Å². The molecule has 5 rings (SSSR count). The zero-order valence-corrected chi connectivity index (χ0v) is 21.6. The van der Waals surface area contributed by atoms with Crippen molar-refractivity contribution >= 4 is 52.2 Å². The summed E-state index contributed by atoms with van der Waals surface area (Å²) in [5, 5.41) is 8.44. The van der Waals surface area contributed by atoms with Crippen molar-refractivity contribution in [1.29, 1.82) is 0 Å². The number of halogens is 2. The fourth-order valence-corrected chi connectivity index (χ4v) is 6.63. The lowest BCUT2D eigenvalue weighted by Crippen LogP contribution is -2.49. The van der Waals surface area contributed by atoms with E-state index in [1.54, 1.807) is 23.5 Å². The Morgan fingerprint density at radius 2 is 2.03 bits per heavy atom. The van der Waals surface area contributed by atoms with Gasteiger partial charge in [-0.15, -0.1) is 0 Å². The fraction of sp³-hybridized carbons (Fsp3) is 0.308. The van der Waals surface area contributed by atoms with Crippen molar-refractivity contribution in [3.05, 3.63) is 85.5 Å². The number of aromatic nitrogens is 1. The quantitative estimate of drug-likeness (QED) is 0.344. The van der Waals surface area contributed by atoms with Gasteiger partial charge in [0.2, 0.25) is 5.88 Å². The molecule has 1 fully saturated rings. The van der Waals surface area contributed by atoms with Gasteiger partial charge in [-0.2, -0.15) is 11.3 Å². The van der Waals surface area contributed by atoms with E-state index in [2.05, 4.69) is 10.7 Å². The molecule has 1 unspecified atom stereocenters. The molecule has 1 aliphatic heterocycles. The van der Waals surface area contributed by atoms with Gasteiger partial charge in [-0.05, 0) is 65.4 Å². The van der Waals surface area contributed by atoms with E-state index in [9.17, 15) is 4.79 Å². The number of carbonyl (C=O) groups is 1. The van der Waals surface area contributed by atoms with Gasteiger partial charge in [-0.1, -0.05) is 59.9 Å². The van der Waals surface area contributed by atoms with Crippen molar-refractivity contribution in [3.63, 3.8) is 0 Å². The zero-order chi connectivity index (χ0) is 23.5. The Balaban J connectivity index is 1.42. The molecule has 1 amide bonds. The summed E-state index contributed by atoms with van der Waals surface area (Å²) in [6.07, 6.45) is 7.54. The first-order chi connectivity index (χ1) is 16.5. The van der Waals surface area contributed by atoms with Gasteiger partial charge < -0.3 is 10.1 Å². The number of benzene rings is 1. The molecule has 0 radical (unpaired) electrons. The summed E-state index contributed by atoms with van der Waals surface area (Å²) in [7, 11) is 0. The highest BCUT2D eigenvalue weighted by Crippen LogP contribution is 2.42. The molecule has 1 N–H and O–H groups in total. The molecule has 0 saturated heterocycles. The van der Waals surface area contributed by atoms with Gasteiger partial charge in [0.1, 0.15) is 5.54 Å². The number of nitrogens with zero attached hydrogens (tertiary/aromatic N) is 1. The van der Waals surface area contributed by atoms with E-state index in [4.69, 9.17) is 32.9 Å². The van der Waals surface area contributed by atoms with Crippen LogP contribution < -0.4 is 10.1 Å². The Hall–Kier alpha value is -1.99. The Morgan fingerprint density at radius 3 is 2.76 bits per heavy atom. The van der Waals surface area contributed by atoms with Gasteiger partial charge in [0, 0.05) is 22.4 Å². The molecule has 1 aliphatic carbocycles. The van der Waals surface area contributed by atoms with E-state index in [1.807, 2.05) is 41.8 Å². The SMILES string of the molecule is O=C1NC(c2ccsc2)(c2cccc(OCC3CCCC3)n2)CC=C1Sc1ccc(Cl)cc1Cl. The van der Waals surface area contributed by atoms with E-state index in [0.717, 1.165) is 16.2 Å². The number of pyridine rings is 1. The molecular weight excluding hydrogens is 507 g/mol. The van der Waals surface area contributed by atoms with Gasteiger partial charge in [0.05, 0.1) is 22.2 Å². The molecule has 4 nitrogen and oxygen atoms in total. The summed E-state index contributed by atoms with van der Waals surface area (Å²) >= 11 is 15.3. The molecule has 0 bridgehead atoms. The number of carbonyl (C=O) groups excluding carboxylic acids is 1. The van der Waals surface area contributed by atoms with E-state index in [0.29, 0.717) is 39.8 Å². The summed E-state index contributed by atoms with van der Waals surface area (Å²) in [5.41, 5.74) is 1.03. The lowest BCUT2D eigenvalue weighted by molar-refractivity contribution is -0.118. The summed E-state index contributed by atoms with van der Waals surface area (Å²) in [6.45, 7) is 0.691. The van der Waals surface area contributed by atoms with Crippen LogP contribution in [0, 0.1) is 5.92 Å². The molecule has 2 aromatic heterocycles. The van der Waals surface area contributed by atoms with Gasteiger partial charge in [-0.25, -0.2) is 4.98 Å². The minimum atomic E-state index is -0.752. The lowest BCUT2D eigenvalue weighted by Gasteiger charge is -2.36. The minimum Gasteiger partial charge on any atom is -0.477 e. The second-order valence-corrected chi connectivity index (χ2v) is 11.4. The normalized spacial score (nSPS) is 20.8. The number of thiophene rings is 1. The number of rotatable bonds is 7. The van der Waals surface area contributed by atoms with E-state index >= 15 is 0 Å². The molecule has 1 atom stereocenters. The molecule has 1 saturated carbocycles. The second-order valence-electron chi connectivity index (χ2n) is 8.64. The van der Waals surface area contributed by atoms with Crippen LogP contribution in [0.4, 0.5) is 0 Å². The maximum absolute atomic E-state index is 13.3. The third kappa shape index (κ3) is 5.01. The minimum absolute atomic E-state index is 0.160. The Labute approximate surface area is 217 Å². The van der Waals surface area contributed by atoms with Gasteiger partial charge in [0.15, 0.2) is 0 Å². The van der Waals surface area contributed by atoms with Gasteiger partial charge >= 0.3 is 0 Å². The summed E-state index contributed by atoms with van der Waals surface area (Å²) < 4.78 is 6.07. The predicted octanol–water partition coefficient (Wildman–Crippen LogP) is 7.46. The molecule has 2 aliphatic rings. The maximum Gasteiger partial charge on any atom is 0.258 e. The summed E-state index contributed by atoms with van der Waals surface area (Å²) in [5.74, 6) is 1.05. The molecule has 34 heavy (non-hydrogen) atoms. The third-order valence-electron chi connectivity index (χ3n) is 6.37. The van der Waals surface area contributed by atoms with Gasteiger partial charge in [-0.3, -0.25) is 4.79 Å². The smallest absolute Gasteiger partial charge is 0.258 e. The number of thioether (sulfide) groups is 1. The van der Waals surface area contributed by atoms with Crippen LogP contribution >= 0.6 is 46.3 Å². The molecule has 0 spiro atoms. The summed E-state index contributed by atoms with van der Waals surface area (Å²) in [4.78, 5) is 19.6. The summed E-state index contributed by atoms with van der Waals surface area (Å²) in [6, 6.07) is 13.1. The molecular formula is C26H24Cl2N2O2S2. The Morgan fingerprint density at radius 1 is 1.18 bits per heavy atom. The van der Waals surface area contributed by atoms with Crippen molar-refractivity contribution in [1.82, 2.24) is 10.3 Å². The van der Waals surface area contributed by atoms with Crippen molar-refractivity contribution in [2.24, 2.45) is 5.92 Å². The maximum atomic E-state index is 13.3. The number of nitrogens with one attached hydrogen (secondary N) is 1. The standard InChI is InChI=1S/C26H24Cl2N2O2S2/c27-19-8-9-21(20(28)14-19)34-22-10-12-26(30-25(22)31,18-11-13-33-16-18)23-6-3-7-24(29-23)32-15-17-4-1-2-5-17/h3,6-11,13-14,16-17H,1-2,4-5,12,15H2,(H,30,31). The average Bonchev–Trinajstić information content (AvgIpc) is 3.56. The van der Waals surface area contributed by atoms with Crippen molar-refractivity contribution < 1.29 is 9.53 Å². The number of hydrogen-bond acceptors (Lipinski definition) is 5. The van der Waals surface area contributed by atoms with Crippen molar-refractivity contribution in [3.8, 4) is 5.88 Å². The Kier molecular flexibility index (Phi) is 7.21. The molecule has 1 aromatic carbocycles. The largest absolute Gasteiger partial charge is 0.477 e. The first kappa shape index (κ1) is 23.7. The molecule has 3 heterocycles. The highest BCUT2D eigenvalue weighted by Gasteiger charge is 2.41. The first-order valence-corrected chi connectivity index (χ1v) is 13.8. The molecule has 176 valence electrons. The monoisotopic (exact) mass is 530 g/mol. The molecule has 3 aromatic rings. The van der Waals surface area contributed by atoms with Crippen LogP contribution in [-0.2, 0) is 10.3 Å². The third-order valence-corrected chi connectivity index (χ3v) is 8.87. The van der Waals surface area contributed by atoms with Crippen LogP contribution in [0.15, 0.2) is 69.1 Å². The lowest BCUT2D eigenvalue weighted by atomic mass is 9.82. The average molecular weight is 532 g/mol. The van der Waals surface area contributed by atoms with Crippen LogP contribution in [-0.4, -0.2) is 17.5 Å². The number of hydrogen-bond donors (Lipinski definition) is 1. The highest BCUT2D eigenvalue weighted by atomic mass is 35.5. The van der Waals surface area contributed by atoms with Crippen molar-refractivity contribution in [2.75, 3.05) is 6.61 Å². The second kappa shape index (κ2) is 10.3. The van der Waals surface area contributed by atoms with Crippen molar-refractivity contribution in [2.45, 2.75) is 42.5 Å². The van der Waals surface area contributed by atoms with Crippen LogP contribution in [0.25, 0.3) is 0 Å². The first-order valence-electron chi connectivity index (χ1n) is 11.3. The van der Waals surface area contributed by atoms with Crippen LogP contribution in [0.1, 0.15) is 43.4 Å². The fourth-order valence-electron chi connectivity index (χ4n) is 4.54. The van der Waals surface area contributed by atoms with E-state index in [1.165, 1.54) is 37.4 Å².